The van der Waals surface area contributed by atoms with Crippen molar-refractivity contribution in [3.05, 3.63) is 174 Å². The maximum atomic E-state index is 2.55. The fourth-order valence-electron chi connectivity index (χ4n) is 7.97. The van der Waals surface area contributed by atoms with Gasteiger partial charge in [0.05, 0.1) is 16.6 Å². The van der Waals surface area contributed by atoms with Crippen LogP contribution in [0.4, 0.5) is 11.4 Å². The minimum atomic E-state index is -0.183. The zero-order valence-corrected chi connectivity index (χ0v) is 26.1. The van der Waals surface area contributed by atoms with Gasteiger partial charge >= 0.3 is 0 Å². The predicted octanol–water partition coefficient (Wildman–Crippen LogP) is 11.5. The van der Waals surface area contributed by atoms with Crippen LogP contribution in [0.15, 0.2) is 158 Å². The van der Waals surface area contributed by atoms with E-state index in [0.29, 0.717) is 0 Å². The third kappa shape index (κ3) is 4.03. The van der Waals surface area contributed by atoms with Gasteiger partial charge in [0.25, 0.3) is 0 Å². The van der Waals surface area contributed by atoms with Gasteiger partial charge in [-0.25, -0.2) is 0 Å². The van der Waals surface area contributed by atoms with E-state index in [1.807, 2.05) is 0 Å². The molecule has 9 rings (SSSR count). The lowest BCUT2D eigenvalue weighted by molar-refractivity contribution is 0.615. The summed E-state index contributed by atoms with van der Waals surface area (Å²) in [5.41, 5.74) is 15.1. The summed E-state index contributed by atoms with van der Waals surface area (Å²) in [6.45, 7) is 4.63. The van der Waals surface area contributed by atoms with Gasteiger partial charge in [-0.2, -0.15) is 0 Å². The molecule has 0 amide bonds. The lowest BCUT2D eigenvalue weighted by Gasteiger charge is -2.40. The summed E-state index contributed by atoms with van der Waals surface area (Å²) in [5.74, 6) is 0. The highest BCUT2D eigenvalue weighted by molar-refractivity contribution is 6.10. The fourth-order valence-corrected chi connectivity index (χ4v) is 7.97. The van der Waals surface area contributed by atoms with Crippen LogP contribution < -0.4 is 4.90 Å². The van der Waals surface area contributed by atoms with Crippen LogP contribution in [-0.2, 0) is 0 Å². The SMILES string of the molecule is Cc1cc(C2=CC=C3c4ccccc4N(c4ccccc4)C3(C)C2)cc(-c2ccc3c(c2)c2ccccc2n3-c2ccccc2)c1. The van der Waals surface area contributed by atoms with E-state index in [0.717, 1.165) is 6.42 Å². The van der Waals surface area contributed by atoms with E-state index in [9.17, 15) is 0 Å². The maximum Gasteiger partial charge on any atom is 0.0721 e. The Balaban J connectivity index is 1.15. The van der Waals surface area contributed by atoms with Crippen LogP contribution in [0, 0.1) is 6.92 Å². The van der Waals surface area contributed by atoms with Crippen molar-refractivity contribution < 1.29 is 0 Å². The number of hydrogen-bond acceptors (Lipinski definition) is 1. The molecule has 2 heterocycles. The smallest absolute Gasteiger partial charge is 0.0721 e. The molecule has 0 saturated carbocycles. The Morgan fingerprint density at radius 1 is 0.543 bits per heavy atom. The van der Waals surface area contributed by atoms with Crippen molar-refractivity contribution in [3.63, 3.8) is 0 Å². The zero-order chi connectivity index (χ0) is 30.8. The molecule has 7 aromatic rings. The number of rotatable bonds is 4. The molecule has 0 fully saturated rings. The maximum absolute atomic E-state index is 2.55. The third-order valence-corrected chi connectivity index (χ3v) is 9.98. The number of fused-ring (bicyclic) bond motifs is 6. The van der Waals surface area contributed by atoms with Crippen LogP contribution in [0.3, 0.4) is 0 Å². The Morgan fingerprint density at radius 2 is 1.22 bits per heavy atom. The molecule has 0 spiro atoms. The number of nitrogens with zero attached hydrogens (tertiary/aromatic N) is 2. The van der Waals surface area contributed by atoms with Crippen LogP contribution in [0.1, 0.15) is 30.0 Å². The summed E-state index contributed by atoms with van der Waals surface area (Å²) in [7, 11) is 0. The van der Waals surface area contributed by atoms with Crippen LogP contribution in [0.25, 0.3) is 49.8 Å². The number of hydrogen-bond donors (Lipinski definition) is 0. The Bertz CT molecular complexity index is 2360. The highest BCUT2D eigenvalue weighted by Crippen LogP contribution is 2.55. The second kappa shape index (κ2) is 10.2. The molecule has 0 N–H and O–H groups in total. The normalized spacial score (nSPS) is 17.1. The van der Waals surface area contributed by atoms with Crippen LogP contribution in [0.5, 0.6) is 0 Å². The van der Waals surface area contributed by atoms with E-state index in [2.05, 4.69) is 181 Å². The first-order valence-electron chi connectivity index (χ1n) is 16.2. The average molecular weight is 591 g/mol. The molecule has 0 radical (unpaired) electrons. The molecule has 1 atom stereocenters. The van der Waals surface area contributed by atoms with Crippen LogP contribution in [0.2, 0.25) is 0 Å². The molecule has 46 heavy (non-hydrogen) atoms. The molecule has 1 aliphatic heterocycles. The number of benzene rings is 6. The van der Waals surface area contributed by atoms with Gasteiger partial charge in [-0.1, -0.05) is 103 Å². The van der Waals surface area contributed by atoms with Crippen molar-refractivity contribution in [1.29, 1.82) is 0 Å². The highest BCUT2D eigenvalue weighted by atomic mass is 15.2. The Morgan fingerprint density at radius 3 is 2.04 bits per heavy atom. The van der Waals surface area contributed by atoms with Gasteiger partial charge in [0, 0.05) is 39.8 Å². The number of aromatic nitrogens is 1. The fraction of sp³-hybridized carbons (Fsp3) is 0.0909. The molecule has 1 aliphatic carbocycles. The molecule has 2 heteroatoms. The van der Waals surface area contributed by atoms with Crippen molar-refractivity contribution in [2.75, 3.05) is 4.90 Å². The molecule has 220 valence electrons. The van der Waals surface area contributed by atoms with E-state index >= 15 is 0 Å². The largest absolute Gasteiger partial charge is 0.331 e. The summed E-state index contributed by atoms with van der Waals surface area (Å²) in [5, 5.41) is 2.55. The number of aryl methyl sites for hydroxylation is 1. The topological polar surface area (TPSA) is 8.17 Å². The summed E-state index contributed by atoms with van der Waals surface area (Å²) < 4.78 is 2.38. The Labute approximate surface area is 270 Å². The molecule has 1 aromatic heterocycles. The lowest BCUT2D eigenvalue weighted by Crippen LogP contribution is -2.41. The lowest BCUT2D eigenvalue weighted by atomic mass is 9.77. The molecular formula is C44H34N2. The van der Waals surface area contributed by atoms with Crippen molar-refractivity contribution >= 4 is 44.3 Å². The molecular weight excluding hydrogens is 556 g/mol. The van der Waals surface area contributed by atoms with Gasteiger partial charge in [0.2, 0.25) is 0 Å². The highest BCUT2D eigenvalue weighted by Gasteiger charge is 2.46. The zero-order valence-electron chi connectivity index (χ0n) is 26.1. The van der Waals surface area contributed by atoms with E-state index in [4.69, 9.17) is 0 Å². The minimum Gasteiger partial charge on any atom is -0.331 e. The molecule has 6 aromatic carbocycles. The molecule has 2 nitrogen and oxygen atoms in total. The summed E-state index contributed by atoms with van der Waals surface area (Å²) >= 11 is 0. The van der Waals surface area contributed by atoms with E-state index in [1.54, 1.807) is 0 Å². The van der Waals surface area contributed by atoms with Crippen molar-refractivity contribution in [1.82, 2.24) is 4.57 Å². The first kappa shape index (κ1) is 26.8. The monoisotopic (exact) mass is 590 g/mol. The van der Waals surface area contributed by atoms with Crippen molar-refractivity contribution in [3.8, 4) is 16.8 Å². The van der Waals surface area contributed by atoms with Crippen LogP contribution >= 0.6 is 0 Å². The first-order chi connectivity index (χ1) is 22.6. The molecule has 1 unspecified atom stereocenters. The first-order valence-corrected chi connectivity index (χ1v) is 16.2. The number of allylic oxidation sites excluding steroid dienone is 2. The standard InChI is InChI=1S/C44H34N2/c1-30-25-33(31-22-24-42-39(28-31)37-17-9-11-19-41(37)45(42)35-13-5-3-6-14-35)27-34(26-30)32-21-23-40-38-18-10-12-20-43(38)46(44(40,2)29-32)36-15-7-4-8-16-36/h3-28H,29H2,1-2H3. The van der Waals surface area contributed by atoms with E-state index in [1.165, 1.54) is 77.8 Å². The van der Waals surface area contributed by atoms with E-state index in [-0.39, 0.29) is 5.54 Å². The molecule has 0 bridgehead atoms. The third-order valence-electron chi connectivity index (χ3n) is 9.98. The molecule has 0 saturated heterocycles. The average Bonchev–Trinajstić information content (AvgIpc) is 3.57. The summed E-state index contributed by atoms with van der Waals surface area (Å²) in [6.07, 6.45) is 5.65. The summed E-state index contributed by atoms with van der Waals surface area (Å²) in [6, 6.07) is 53.2. The van der Waals surface area contributed by atoms with Gasteiger partial charge in [0.1, 0.15) is 0 Å². The molecule has 2 aliphatic rings. The van der Waals surface area contributed by atoms with Crippen LogP contribution in [-0.4, -0.2) is 10.1 Å². The number of para-hydroxylation sites is 4. The van der Waals surface area contributed by atoms with Crippen molar-refractivity contribution in [2.24, 2.45) is 0 Å². The second-order valence-electron chi connectivity index (χ2n) is 12.9. The van der Waals surface area contributed by atoms with E-state index < -0.39 is 0 Å². The predicted molar refractivity (Wildman–Crippen MR) is 195 cm³/mol. The Hall–Kier alpha value is -5.60. The number of anilines is 2. The van der Waals surface area contributed by atoms with Gasteiger partial charge in [-0.3, -0.25) is 0 Å². The van der Waals surface area contributed by atoms with Gasteiger partial charge in [-0.15, -0.1) is 0 Å². The second-order valence-corrected chi connectivity index (χ2v) is 12.9. The van der Waals surface area contributed by atoms with Gasteiger partial charge in [0.15, 0.2) is 0 Å². The summed E-state index contributed by atoms with van der Waals surface area (Å²) in [4.78, 5) is 2.55. The van der Waals surface area contributed by atoms with Gasteiger partial charge < -0.3 is 9.47 Å². The Kier molecular flexibility index (Phi) is 5.95. The minimum absolute atomic E-state index is 0.183. The van der Waals surface area contributed by atoms with Gasteiger partial charge in [-0.05, 0) is 102 Å². The quantitative estimate of drug-likeness (QED) is 0.198. The van der Waals surface area contributed by atoms with Crippen molar-refractivity contribution in [2.45, 2.75) is 25.8 Å².